The molecule has 1 N–H and O–H groups in total. The smallest absolute Gasteiger partial charge is 0.243 e. The molecule has 2 heterocycles. The number of hydrogen-bond donors (Lipinski definition) is 1. The van der Waals surface area contributed by atoms with Crippen molar-refractivity contribution in [3.8, 4) is 17.2 Å². The Kier molecular flexibility index (Phi) is 4.95. The molecule has 8 nitrogen and oxygen atoms in total. The van der Waals surface area contributed by atoms with Crippen molar-refractivity contribution in [2.75, 3.05) is 26.6 Å². The number of aromatic nitrogens is 4. The lowest BCUT2D eigenvalue weighted by Gasteiger charge is -2.31. The van der Waals surface area contributed by atoms with E-state index in [2.05, 4.69) is 20.8 Å². The van der Waals surface area contributed by atoms with Crippen LogP contribution in [0.15, 0.2) is 36.4 Å². The van der Waals surface area contributed by atoms with Gasteiger partial charge in [-0.2, -0.15) is 0 Å². The number of methoxy groups -OCH3 is 3. The minimum absolute atomic E-state index is 0.0276. The molecule has 1 aliphatic heterocycles. The van der Waals surface area contributed by atoms with Crippen LogP contribution in [0.1, 0.15) is 29.6 Å². The summed E-state index contributed by atoms with van der Waals surface area (Å²) in [5.74, 6) is 2.33. The largest absolute Gasteiger partial charge is 0.493 e. The topological polar surface area (TPSA) is 83.3 Å². The van der Waals surface area contributed by atoms with Gasteiger partial charge in [-0.25, -0.2) is 4.68 Å². The van der Waals surface area contributed by atoms with Gasteiger partial charge in [0.1, 0.15) is 0 Å². The third-order valence-electron chi connectivity index (χ3n) is 4.89. The maximum atomic E-state index is 6.04. The van der Waals surface area contributed by atoms with Gasteiger partial charge in [-0.15, -0.1) is 0 Å². The highest BCUT2D eigenvalue weighted by atomic mass is 35.5. The summed E-state index contributed by atoms with van der Waals surface area (Å²) in [4.78, 5) is 0. The van der Waals surface area contributed by atoms with Crippen LogP contribution < -0.4 is 19.5 Å². The Morgan fingerprint density at radius 1 is 1.00 bits per heavy atom. The highest BCUT2D eigenvalue weighted by Gasteiger charge is 2.32. The molecule has 0 bridgehead atoms. The zero-order chi connectivity index (χ0) is 19.7. The van der Waals surface area contributed by atoms with Crippen molar-refractivity contribution in [2.24, 2.45) is 0 Å². The van der Waals surface area contributed by atoms with E-state index >= 15 is 0 Å². The minimum atomic E-state index is -0.111. The number of rotatable bonds is 5. The molecule has 0 unspecified atom stereocenters. The van der Waals surface area contributed by atoms with Crippen molar-refractivity contribution in [2.45, 2.75) is 18.5 Å². The fourth-order valence-electron chi connectivity index (χ4n) is 3.52. The van der Waals surface area contributed by atoms with Gasteiger partial charge in [0.2, 0.25) is 11.7 Å². The number of anilines is 1. The molecule has 0 spiro atoms. The average molecular weight is 402 g/mol. The summed E-state index contributed by atoms with van der Waals surface area (Å²) in [5.41, 5.74) is 2.07. The molecule has 1 aliphatic rings. The monoisotopic (exact) mass is 401 g/mol. The van der Waals surface area contributed by atoms with E-state index < -0.39 is 0 Å². The molecule has 0 saturated carbocycles. The van der Waals surface area contributed by atoms with Crippen LogP contribution in [-0.2, 0) is 0 Å². The van der Waals surface area contributed by atoms with Gasteiger partial charge in [-0.05, 0) is 52.2 Å². The molecule has 2 aromatic carbocycles. The van der Waals surface area contributed by atoms with E-state index in [9.17, 15) is 0 Å². The van der Waals surface area contributed by atoms with E-state index in [0.717, 1.165) is 17.5 Å². The summed E-state index contributed by atoms with van der Waals surface area (Å²) >= 11 is 6.04. The van der Waals surface area contributed by atoms with E-state index in [0.29, 0.717) is 28.2 Å². The van der Waals surface area contributed by atoms with Gasteiger partial charge in [0, 0.05) is 5.02 Å². The highest BCUT2D eigenvalue weighted by molar-refractivity contribution is 6.30. The van der Waals surface area contributed by atoms with Gasteiger partial charge in [-0.1, -0.05) is 28.8 Å². The van der Waals surface area contributed by atoms with E-state index in [1.54, 1.807) is 26.0 Å². The number of ether oxygens (including phenoxy) is 3. The van der Waals surface area contributed by atoms with Crippen LogP contribution in [0.25, 0.3) is 0 Å². The van der Waals surface area contributed by atoms with Crippen LogP contribution in [0, 0.1) is 0 Å². The van der Waals surface area contributed by atoms with Gasteiger partial charge in [0.15, 0.2) is 11.5 Å². The van der Waals surface area contributed by atoms with Crippen molar-refractivity contribution >= 4 is 17.5 Å². The first kappa shape index (κ1) is 18.4. The molecule has 0 amide bonds. The van der Waals surface area contributed by atoms with E-state index in [1.807, 2.05) is 36.4 Å². The molecule has 0 radical (unpaired) electrons. The molecule has 0 saturated heterocycles. The number of halogens is 1. The van der Waals surface area contributed by atoms with Gasteiger partial charge in [-0.3, -0.25) is 0 Å². The molecule has 3 aromatic rings. The Hall–Kier alpha value is -3.00. The normalized spacial score (nSPS) is 18.1. The fraction of sp³-hybridized carbons (Fsp3) is 0.316. The lowest BCUT2D eigenvalue weighted by molar-refractivity contribution is 0.321. The first-order valence-electron chi connectivity index (χ1n) is 8.74. The number of tetrazole rings is 1. The van der Waals surface area contributed by atoms with E-state index in [-0.39, 0.29) is 12.1 Å². The molecular weight excluding hydrogens is 382 g/mol. The van der Waals surface area contributed by atoms with Crippen molar-refractivity contribution < 1.29 is 14.2 Å². The first-order chi connectivity index (χ1) is 13.6. The Morgan fingerprint density at radius 3 is 2.29 bits per heavy atom. The maximum absolute atomic E-state index is 6.04. The Bertz CT molecular complexity index is 951. The third kappa shape index (κ3) is 3.20. The molecule has 28 heavy (non-hydrogen) atoms. The number of nitrogens with zero attached hydrogens (tertiary/aromatic N) is 4. The molecule has 1 aromatic heterocycles. The Labute approximate surface area is 167 Å². The van der Waals surface area contributed by atoms with E-state index in [1.165, 1.54) is 0 Å². The number of hydrogen-bond acceptors (Lipinski definition) is 7. The zero-order valence-corrected chi connectivity index (χ0v) is 16.5. The number of fused-ring (bicyclic) bond motifs is 1. The molecule has 0 aliphatic carbocycles. The van der Waals surface area contributed by atoms with Crippen LogP contribution in [-0.4, -0.2) is 41.5 Å². The van der Waals surface area contributed by atoms with Crippen molar-refractivity contribution in [1.82, 2.24) is 20.2 Å². The SMILES string of the molecule is COc1cc([C@@H]2C[C@H](c3ccc(Cl)cc3)Nc3nnnn32)cc(OC)c1OC. The molecule has 146 valence electrons. The summed E-state index contributed by atoms with van der Waals surface area (Å²) in [6.07, 6.45) is 0.734. The van der Waals surface area contributed by atoms with Crippen LogP contribution >= 0.6 is 11.6 Å². The molecule has 2 atom stereocenters. The zero-order valence-electron chi connectivity index (χ0n) is 15.7. The second-order valence-electron chi connectivity index (χ2n) is 6.41. The maximum Gasteiger partial charge on any atom is 0.243 e. The summed E-state index contributed by atoms with van der Waals surface area (Å²) in [5, 5.41) is 16.2. The minimum Gasteiger partial charge on any atom is -0.493 e. The van der Waals surface area contributed by atoms with Crippen LogP contribution in [0.4, 0.5) is 5.95 Å². The van der Waals surface area contributed by atoms with Crippen LogP contribution in [0.3, 0.4) is 0 Å². The van der Waals surface area contributed by atoms with Crippen molar-refractivity contribution in [3.63, 3.8) is 0 Å². The van der Waals surface area contributed by atoms with Crippen LogP contribution in [0.2, 0.25) is 5.02 Å². The summed E-state index contributed by atoms with van der Waals surface area (Å²) < 4.78 is 18.2. The van der Waals surface area contributed by atoms with Crippen molar-refractivity contribution in [3.05, 3.63) is 52.5 Å². The van der Waals surface area contributed by atoms with Crippen LogP contribution in [0.5, 0.6) is 17.2 Å². The Morgan fingerprint density at radius 2 is 1.68 bits per heavy atom. The number of benzene rings is 2. The highest BCUT2D eigenvalue weighted by Crippen LogP contribution is 2.44. The predicted octanol–water partition coefficient (Wildman–Crippen LogP) is 3.50. The molecular formula is C19H20ClN5O3. The predicted molar refractivity (Wildman–Crippen MR) is 104 cm³/mol. The molecule has 0 fully saturated rings. The summed E-state index contributed by atoms with van der Waals surface area (Å²) in [6, 6.07) is 11.6. The molecule has 9 heteroatoms. The summed E-state index contributed by atoms with van der Waals surface area (Å²) in [6.45, 7) is 0. The second kappa shape index (κ2) is 7.55. The second-order valence-corrected chi connectivity index (χ2v) is 6.84. The van der Waals surface area contributed by atoms with Gasteiger partial charge in [0.25, 0.3) is 0 Å². The average Bonchev–Trinajstić information content (AvgIpc) is 3.21. The van der Waals surface area contributed by atoms with E-state index in [4.69, 9.17) is 25.8 Å². The van der Waals surface area contributed by atoms with Gasteiger partial charge >= 0.3 is 0 Å². The number of nitrogens with one attached hydrogen (secondary N) is 1. The first-order valence-corrected chi connectivity index (χ1v) is 9.12. The Balaban J connectivity index is 1.77. The third-order valence-corrected chi connectivity index (χ3v) is 5.15. The fourth-order valence-corrected chi connectivity index (χ4v) is 3.65. The lowest BCUT2D eigenvalue weighted by atomic mass is 9.93. The van der Waals surface area contributed by atoms with Gasteiger partial charge < -0.3 is 19.5 Å². The lowest BCUT2D eigenvalue weighted by Crippen LogP contribution is -2.28. The summed E-state index contributed by atoms with van der Waals surface area (Å²) in [7, 11) is 4.78. The molecule has 4 rings (SSSR count). The van der Waals surface area contributed by atoms with Gasteiger partial charge in [0.05, 0.1) is 33.4 Å². The van der Waals surface area contributed by atoms with Crippen molar-refractivity contribution in [1.29, 1.82) is 0 Å². The quantitative estimate of drug-likeness (QED) is 0.700. The standard InChI is InChI=1S/C19H20ClN5O3/c1-26-16-8-12(9-17(27-2)18(16)28-3)15-10-14(11-4-6-13(20)7-5-11)21-19-22-23-24-25(15)19/h4-9,14-15H,10H2,1-3H3,(H,21,22,24)/t14-,15+/m1/s1.